The Kier molecular flexibility index (Phi) is 6.65. The van der Waals surface area contributed by atoms with Crippen molar-refractivity contribution in [1.82, 2.24) is 4.98 Å². The van der Waals surface area contributed by atoms with Crippen LogP contribution < -0.4 is 10.6 Å². The van der Waals surface area contributed by atoms with E-state index in [0.29, 0.717) is 5.02 Å². The summed E-state index contributed by atoms with van der Waals surface area (Å²) in [6.45, 7) is 2.03. The Morgan fingerprint density at radius 3 is 2.52 bits per heavy atom. The molecule has 4 aromatic rings. The summed E-state index contributed by atoms with van der Waals surface area (Å²) in [6.07, 6.45) is 0.737. The van der Waals surface area contributed by atoms with Gasteiger partial charge in [-0.2, -0.15) is 0 Å². The van der Waals surface area contributed by atoms with Crippen LogP contribution in [0.1, 0.15) is 24.8 Å². The summed E-state index contributed by atoms with van der Waals surface area (Å²) < 4.78 is 0. The lowest BCUT2D eigenvalue weighted by molar-refractivity contribution is -0.117. The average molecular weight is 448 g/mol. The number of anilines is 3. The maximum Gasteiger partial charge on any atom is 0.231 e. The highest BCUT2D eigenvalue weighted by atomic mass is 35.5. The molecular weight excluding hydrogens is 426 g/mol. The van der Waals surface area contributed by atoms with Gasteiger partial charge in [0.1, 0.15) is 0 Å². The molecule has 0 bridgehead atoms. The van der Waals surface area contributed by atoms with Crippen LogP contribution >= 0.6 is 22.9 Å². The minimum atomic E-state index is -0.181. The first-order chi connectivity index (χ1) is 15.1. The molecule has 1 heterocycles. The third-order valence-corrected chi connectivity index (χ3v) is 5.96. The number of aromatic nitrogens is 1. The van der Waals surface area contributed by atoms with E-state index in [1.165, 1.54) is 11.3 Å². The van der Waals surface area contributed by atoms with Crippen LogP contribution in [0.25, 0.3) is 11.3 Å². The zero-order valence-electron chi connectivity index (χ0n) is 17.0. The number of nitrogens with one attached hydrogen (secondary N) is 2. The first kappa shape index (κ1) is 21.1. The number of halogens is 1. The Balaban J connectivity index is 1.48. The molecule has 0 radical (unpaired) electrons. The van der Waals surface area contributed by atoms with E-state index in [4.69, 9.17) is 11.6 Å². The molecule has 0 saturated heterocycles. The molecule has 156 valence electrons. The first-order valence-electron chi connectivity index (χ1n) is 10.1. The molecule has 0 aliphatic heterocycles. The standard InChI is InChI=1S/C25H22ClN3OS/c1-2-22(17-7-4-3-5-8-17)24(30)27-21-10-6-9-18(15-21)23-16-31-25(29-23)28-20-13-11-19(26)12-14-20/h3-16,22H,2H2,1H3,(H,27,30)(H,28,29). The minimum absolute atomic E-state index is 0.00535. The molecule has 0 fully saturated rings. The van der Waals surface area contributed by atoms with Crippen LogP contribution in [0.4, 0.5) is 16.5 Å². The smallest absolute Gasteiger partial charge is 0.231 e. The highest BCUT2D eigenvalue weighted by Crippen LogP contribution is 2.29. The SMILES string of the molecule is CCC(C(=O)Nc1cccc(-c2csc(Nc3ccc(Cl)cc3)n2)c1)c1ccccc1. The Morgan fingerprint density at radius 1 is 1.00 bits per heavy atom. The zero-order chi connectivity index (χ0) is 21.6. The number of benzene rings is 3. The lowest BCUT2D eigenvalue weighted by Crippen LogP contribution is -2.20. The molecule has 0 aliphatic rings. The van der Waals surface area contributed by atoms with E-state index in [2.05, 4.69) is 15.6 Å². The number of carbonyl (C=O) groups is 1. The Morgan fingerprint density at radius 2 is 1.77 bits per heavy atom. The van der Waals surface area contributed by atoms with Crippen molar-refractivity contribution in [2.45, 2.75) is 19.3 Å². The molecule has 3 aromatic carbocycles. The van der Waals surface area contributed by atoms with Gasteiger partial charge in [0, 0.05) is 27.3 Å². The van der Waals surface area contributed by atoms with E-state index in [1.807, 2.05) is 91.2 Å². The molecule has 4 nitrogen and oxygen atoms in total. The van der Waals surface area contributed by atoms with Crippen molar-refractivity contribution in [1.29, 1.82) is 0 Å². The quantitative estimate of drug-likeness (QED) is 0.311. The van der Waals surface area contributed by atoms with Gasteiger partial charge in [-0.25, -0.2) is 4.98 Å². The molecule has 1 unspecified atom stereocenters. The van der Waals surface area contributed by atoms with Crippen molar-refractivity contribution in [3.05, 3.63) is 94.8 Å². The van der Waals surface area contributed by atoms with Gasteiger partial charge in [0.2, 0.25) is 5.91 Å². The third-order valence-electron chi connectivity index (χ3n) is 4.95. The van der Waals surface area contributed by atoms with Crippen molar-refractivity contribution in [2.75, 3.05) is 10.6 Å². The second-order valence-corrected chi connectivity index (χ2v) is 8.41. The van der Waals surface area contributed by atoms with Crippen LogP contribution in [0.2, 0.25) is 5.02 Å². The lowest BCUT2D eigenvalue weighted by Gasteiger charge is -2.15. The van der Waals surface area contributed by atoms with E-state index >= 15 is 0 Å². The molecule has 1 amide bonds. The summed E-state index contributed by atoms with van der Waals surface area (Å²) in [4.78, 5) is 17.6. The van der Waals surface area contributed by atoms with E-state index in [9.17, 15) is 4.79 Å². The molecule has 31 heavy (non-hydrogen) atoms. The van der Waals surface area contributed by atoms with Crippen LogP contribution in [0.3, 0.4) is 0 Å². The minimum Gasteiger partial charge on any atom is -0.332 e. The molecule has 0 spiro atoms. The second kappa shape index (κ2) is 9.77. The van der Waals surface area contributed by atoms with Crippen LogP contribution in [0.5, 0.6) is 0 Å². The normalized spacial score (nSPS) is 11.7. The highest BCUT2D eigenvalue weighted by molar-refractivity contribution is 7.14. The Hall–Kier alpha value is -3.15. The van der Waals surface area contributed by atoms with Crippen LogP contribution in [0.15, 0.2) is 84.2 Å². The predicted molar refractivity (Wildman–Crippen MR) is 130 cm³/mol. The third kappa shape index (κ3) is 5.32. The Bertz CT molecular complexity index is 1160. The van der Waals surface area contributed by atoms with Gasteiger partial charge in [0.05, 0.1) is 11.6 Å². The topological polar surface area (TPSA) is 54.0 Å². The number of amides is 1. The van der Waals surface area contributed by atoms with Gasteiger partial charge in [-0.3, -0.25) is 4.79 Å². The van der Waals surface area contributed by atoms with Gasteiger partial charge < -0.3 is 10.6 Å². The summed E-state index contributed by atoms with van der Waals surface area (Å²) in [5.74, 6) is -0.187. The fourth-order valence-electron chi connectivity index (χ4n) is 3.36. The van der Waals surface area contributed by atoms with E-state index < -0.39 is 0 Å². The zero-order valence-corrected chi connectivity index (χ0v) is 18.6. The summed E-state index contributed by atoms with van der Waals surface area (Å²) >= 11 is 7.47. The first-order valence-corrected chi connectivity index (χ1v) is 11.3. The molecule has 1 atom stereocenters. The van der Waals surface area contributed by atoms with E-state index in [-0.39, 0.29) is 11.8 Å². The van der Waals surface area contributed by atoms with Crippen LogP contribution in [-0.2, 0) is 4.79 Å². The monoisotopic (exact) mass is 447 g/mol. The summed E-state index contributed by atoms with van der Waals surface area (Å²) in [7, 11) is 0. The van der Waals surface area contributed by atoms with Crippen molar-refractivity contribution in [3.8, 4) is 11.3 Å². The van der Waals surface area contributed by atoms with Gasteiger partial charge in [-0.05, 0) is 48.4 Å². The summed E-state index contributed by atoms with van der Waals surface area (Å²) in [5, 5.41) is 9.84. The molecular formula is C25H22ClN3OS. The van der Waals surface area contributed by atoms with Crippen molar-refractivity contribution < 1.29 is 4.79 Å². The van der Waals surface area contributed by atoms with E-state index in [1.54, 1.807) is 0 Å². The van der Waals surface area contributed by atoms with Crippen molar-refractivity contribution >= 4 is 45.4 Å². The summed E-state index contributed by atoms with van der Waals surface area (Å²) in [5.41, 5.74) is 4.52. The highest BCUT2D eigenvalue weighted by Gasteiger charge is 2.18. The van der Waals surface area contributed by atoms with E-state index in [0.717, 1.165) is 39.7 Å². The van der Waals surface area contributed by atoms with Crippen LogP contribution in [-0.4, -0.2) is 10.9 Å². The molecule has 4 rings (SSSR count). The van der Waals surface area contributed by atoms with Gasteiger partial charge in [-0.15, -0.1) is 11.3 Å². The average Bonchev–Trinajstić information content (AvgIpc) is 3.25. The molecule has 6 heteroatoms. The molecule has 0 saturated carbocycles. The van der Waals surface area contributed by atoms with Crippen molar-refractivity contribution in [2.24, 2.45) is 0 Å². The molecule has 0 aliphatic carbocycles. The Labute approximate surface area is 190 Å². The molecule has 1 aromatic heterocycles. The number of carbonyl (C=O) groups excluding carboxylic acids is 1. The number of hydrogen-bond donors (Lipinski definition) is 2. The van der Waals surface area contributed by atoms with Gasteiger partial charge in [0.15, 0.2) is 5.13 Å². The largest absolute Gasteiger partial charge is 0.332 e. The summed E-state index contributed by atoms with van der Waals surface area (Å²) in [6, 6.07) is 25.2. The van der Waals surface area contributed by atoms with Crippen LogP contribution in [0, 0.1) is 0 Å². The predicted octanol–water partition coefficient (Wildman–Crippen LogP) is 7.34. The number of rotatable bonds is 7. The number of nitrogens with zero attached hydrogens (tertiary/aromatic N) is 1. The van der Waals surface area contributed by atoms with Gasteiger partial charge in [-0.1, -0.05) is 61.0 Å². The van der Waals surface area contributed by atoms with Gasteiger partial charge in [0.25, 0.3) is 0 Å². The fourth-order valence-corrected chi connectivity index (χ4v) is 4.23. The second-order valence-electron chi connectivity index (χ2n) is 7.11. The fraction of sp³-hybridized carbons (Fsp3) is 0.120. The van der Waals surface area contributed by atoms with Crippen molar-refractivity contribution in [3.63, 3.8) is 0 Å². The number of hydrogen-bond acceptors (Lipinski definition) is 4. The maximum atomic E-state index is 12.9. The van der Waals surface area contributed by atoms with Gasteiger partial charge >= 0.3 is 0 Å². The maximum absolute atomic E-state index is 12.9. The lowest BCUT2D eigenvalue weighted by atomic mass is 9.95. The molecule has 2 N–H and O–H groups in total. The number of thiazole rings is 1.